The van der Waals surface area contributed by atoms with E-state index < -0.39 is 0 Å². The molecule has 0 radical (unpaired) electrons. The first-order chi connectivity index (χ1) is 10.8. The molecule has 2 saturated carbocycles. The van der Waals surface area contributed by atoms with Crippen LogP contribution in [-0.4, -0.2) is 62.8 Å². The topological polar surface area (TPSA) is 48.9 Å². The smallest absolute Gasteiger partial charge is 0.191 e. The van der Waals surface area contributed by atoms with E-state index in [4.69, 9.17) is 4.74 Å². The van der Waals surface area contributed by atoms with Crippen molar-refractivity contribution >= 4 is 29.9 Å². The molecule has 0 aromatic carbocycles. The molecule has 6 heteroatoms. The van der Waals surface area contributed by atoms with E-state index in [2.05, 4.69) is 20.5 Å². The molecule has 3 aliphatic rings. The second-order valence-electron chi connectivity index (χ2n) is 7.13. The Labute approximate surface area is 158 Å². The van der Waals surface area contributed by atoms with Crippen molar-refractivity contribution in [3.63, 3.8) is 0 Å². The minimum absolute atomic E-state index is 0. The van der Waals surface area contributed by atoms with Crippen LogP contribution in [0.5, 0.6) is 0 Å². The molecule has 1 heterocycles. The van der Waals surface area contributed by atoms with Gasteiger partial charge in [-0.3, -0.25) is 9.89 Å². The van der Waals surface area contributed by atoms with E-state index in [1.54, 1.807) is 0 Å². The van der Waals surface area contributed by atoms with Gasteiger partial charge >= 0.3 is 0 Å². The maximum atomic E-state index is 5.56. The summed E-state index contributed by atoms with van der Waals surface area (Å²) in [4.78, 5) is 7.08. The lowest BCUT2D eigenvalue weighted by atomic mass is 9.80. The minimum atomic E-state index is 0. The van der Waals surface area contributed by atoms with Gasteiger partial charge in [-0.15, -0.1) is 24.0 Å². The first-order valence-electron chi connectivity index (χ1n) is 9.10. The molecule has 3 rings (SSSR count). The highest BCUT2D eigenvalue weighted by atomic mass is 127. The molecule has 0 bridgehead atoms. The zero-order valence-electron chi connectivity index (χ0n) is 14.5. The number of halogens is 1. The molecule has 0 aromatic rings. The number of nitrogens with zero attached hydrogens (tertiary/aromatic N) is 2. The molecule has 0 unspecified atom stereocenters. The summed E-state index contributed by atoms with van der Waals surface area (Å²) in [7, 11) is 1.88. The molecule has 3 fully saturated rings. The fourth-order valence-corrected chi connectivity index (χ4v) is 3.88. The molecule has 2 N–H and O–H groups in total. The number of morpholine rings is 1. The highest BCUT2D eigenvalue weighted by molar-refractivity contribution is 14.0. The van der Waals surface area contributed by atoms with Crippen LogP contribution in [0.15, 0.2) is 4.99 Å². The summed E-state index contributed by atoms with van der Waals surface area (Å²) in [6.45, 7) is 6.01. The van der Waals surface area contributed by atoms with Crippen LogP contribution in [-0.2, 0) is 4.74 Å². The van der Waals surface area contributed by atoms with Crippen LogP contribution in [0.3, 0.4) is 0 Å². The third-order valence-corrected chi connectivity index (χ3v) is 5.53. The molecular weight excluding hydrogens is 403 g/mol. The van der Waals surface area contributed by atoms with E-state index >= 15 is 0 Å². The second-order valence-corrected chi connectivity index (χ2v) is 7.13. The zero-order chi connectivity index (χ0) is 15.3. The summed E-state index contributed by atoms with van der Waals surface area (Å²) in [6.07, 6.45) is 9.46. The van der Waals surface area contributed by atoms with Gasteiger partial charge < -0.3 is 15.4 Å². The van der Waals surface area contributed by atoms with Gasteiger partial charge in [0.25, 0.3) is 0 Å². The second kappa shape index (κ2) is 9.42. The summed E-state index contributed by atoms with van der Waals surface area (Å²) in [5.41, 5.74) is 0.305. The standard InChI is InChI=1S/C17H32N4O.HI/c1-18-16(19-13-15-5-6-15)20-14-17(7-3-2-4-8-17)21-9-11-22-12-10-21;/h15H,2-14H2,1H3,(H2,18,19,20);1H. The average molecular weight is 436 g/mol. The predicted octanol–water partition coefficient (Wildman–Crippen LogP) is 2.21. The largest absolute Gasteiger partial charge is 0.379 e. The normalized spacial score (nSPS) is 25.5. The third-order valence-electron chi connectivity index (χ3n) is 5.53. The zero-order valence-corrected chi connectivity index (χ0v) is 16.8. The Balaban J connectivity index is 0.00000192. The van der Waals surface area contributed by atoms with E-state index in [-0.39, 0.29) is 24.0 Å². The Morgan fingerprint density at radius 2 is 1.83 bits per heavy atom. The van der Waals surface area contributed by atoms with Crippen molar-refractivity contribution in [2.24, 2.45) is 10.9 Å². The number of ether oxygens (including phenoxy) is 1. The van der Waals surface area contributed by atoms with E-state index in [0.717, 1.165) is 51.3 Å². The Morgan fingerprint density at radius 1 is 1.13 bits per heavy atom. The number of aliphatic imine (C=N–C) groups is 1. The first kappa shape index (κ1) is 19.2. The van der Waals surface area contributed by atoms with Crippen molar-refractivity contribution < 1.29 is 4.74 Å². The van der Waals surface area contributed by atoms with Crippen LogP contribution in [0.2, 0.25) is 0 Å². The summed E-state index contributed by atoms with van der Waals surface area (Å²) in [5, 5.41) is 7.10. The van der Waals surface area contributed by atoms with Gasteiger partial charge in [0.2, 0.25) is 0 Å². The van der Waals surface area contributed by atoms with Crippen molar-refractivity contribution in [1.82, 2.24) is 15.5 Å². The van der Waals surface area contributed by atoms with Gasteiger partial charge in [0.15, 0.2) is 5.96 Å². The molecular formula is C17H33IN4O. The molecule has 5 nitrogen and oxygen atoms in total. The molecule has 0 amide bonds. The van der Waals surface area contributed by atoms with Gasteiger partial charge in [0.05, 0.1) is 13.2 Å². The van der Waals surface area contributed by atoms with Crippen molar-refractivity contribution in [3.05, 3.63) is 0 Å². The Kier molecular flexibility index (Phi) is 7.88. The van der Waals surface area contributed by atoms with Crippen LogP contribution in [0, 0.1) is 5.92 Å². The number of rotatable bonds is 5. The third kappa shape index (κ3) is 5.46. The monoisotopic (exact) mass is 436 g/mol. The Morgan fingerprint density at radius 3 is 2.43 bits per heavy atom. The lowest BCUT2D eigenvalue weighted by Gasteiger charge is -2.48. The number of guanidine groups is 1. The summed E-state index contributed by atoms with van der Waals surface area (Å²) in [5.74, 6) is 1.85. The van der Waals surface area contributed by atoms with Gasteiger partial charge in [0.1, 0.15) is 0 Å². The van der Waals surface area contributed by atoms with E-state index in [1.165, 1.54) is 44.9 Å². The molecule has 1 aliphatic heterocycles. The van der Waals surface area contributed by atoms with Crippen LogP contribution in [0.1, 0.15) is 44.9 Å². The number of nitrogens with one attached hydrogen (secondary N) is 2. The molecule has 0 aromatic heterocycles. The van der Waals surface area contributed by atoms with Gasteiger partial charge in [-0.2, -0.15) is 0 Å². The highest BCUT2D eigenvalue weighted by Crippen LogP contribution is 2.34. The van der Waals surface area contributed by atoms with Crippen molar-refractivity contribution in [2.45, 2.75) is 50.5 Å². The van der Waals surface area contributed by atoms with Crippen LogP contribution in [0.25, 0.3) is 0 Å². The van der Waals surface area contributed by atoms with E-state index in [9.17, 15) is 0 Å². The first-order valence-corrected chi connectivity index (χ1v) is 9.10. The Bertz CT molecular complexity index is 375. The van der Waals surface area contributed by atoms with Crippen LogP contribution >= 0.6 is 24.0 Å². The van der Waals surface area contributed by atoms with Gasteiger partial charge in [-0.05, 0) is 31.6 Å². The molecule has 23 heavy (non-hydrogen) atoms. The summed E-state index contributed by atoms with van der Waals surface area (Å²) in [6, 6.07) is 0. The van der Waals surface area contributed by atoms with Gasteiger partial charge in [0, 0.05) is 38.8 Å². The van der Waals surface area contributed by atoms with Gasteiger partial charge in [-0.1, -0.05) is 19.3 Å². The lowest BCUT2D eigenvalue weighted by molar-refractivity contribution is -0.0352. The van der Waals surface area contributed by atoms with Gasteiger partial charge in [-0.25, -0.2) is 0 Å². The fraction of sp³-hybridized carbons (Fsp3) is 0.941. The van der Waals surface area contributed by atoms with Crippen LogP contribution in [0.4, 0.5) is 0 Å². The Hall–Kier alpha value is -0.0800. The van der Waals surface area contributed by atoms with Crippen molar-refractivity contribution in [1.29, 1.82) is 0 Å². The molecule has 134 valence electrons. The SMILES string of the molecule is CN=C(NCC1CC1)NCC1(N2CCOCC2)CCCCC1.I. The molecule has 0 spiro atoms. The maximum Gasteiger partial charge on any atom is 0.191 e. The van der Waals surface area contributed by atoms with E-state index in [0.29, 0.717) is 5.54 Å². The van der Waals surface area contributed by atoms with E-state index in [1.807, 2.05) is 7.05 Å². The van der Waals surface area contributed by atoms with Crippen molar-refractivity contribution in [2.75, 3.05) is 46.4 Å². The fourth-order valence-electron chi connectivity index (χ4n) is 3.88. The molecule has 1 saturated heterocycles. The van der Waals surface area contributed by atoms with Crippen molar-refractivity contribution in [3.8, 4) is 0 Å². The molecule has 2 aliphatic carbocycles. The predicted molar refractivity (Wildman–Crippen MR) is 106 cm³/mol. The molecule has 0 atom stereocenters. The number of hydrogen-bond donors (Lipinski definition) is 2. The number of hydrogen-bond acceptors (Lipinski definition) is 3. The summed E-state index contributed by atoms with van der Waals surface area (Å²) >= 11 is 0. The summed E-state index contributed by atoms with van der Waals surface area (Å²) < 4.78 is 5.56. The highest BCUT2D eigenvalue weighted by Gasteiger charge is 2.38. The lowest BCUT2D eigenvalue weighted by Crippen LogP contribution is -2.60. The quantitative estimate of drug-likeness (QED) is 0.394. The average Bonchev–Trinajstić information content (AvgIpc) is 3.41. The minimum Gasteiger partial charge on any atom is -0.379 e. The maximum absolute atomic E-state index is 5.56. The van der Waals surface area contributed by atoms with Crippen LogP contribution < -0.4 is 10.6 Å².